The van der Waals surface area contributed by atoms with Crippen molar-refractivity contribution >= 4 is 6.48 Å². The van der Waals surface area contributed by atoms with Gasteiger partial charge < -0.3 is 24.8 Å². The number of rotatable bonds is 4. The molecule has 0 saturated heterocycles. The molecule has 0 saturated carbocycles. The molecule has 310 valence electrons. The zero-order chi connectivity index (χ0) is 41.6. The van der Waals surface area contributed by atoms with Gasteiger partial charge >= 0.3 is 353 Å². The zero-order valence-corrected chi connectivity index (χ0v) is 43.2. The van der Waals surface area contributed by atoms with Crippen LogP contribution in [0.2, 0.25) is 0 Å². The van der Waals surface area contributed by atoms with Crippen molar-refractivity contribution in [1.29, 1.82) is 0 Å². The summed E-state index contributed by atoms with van der Waals surface area (Å²) in [5, 5.41) is 0. The summed E-state index contributed by atoms with van der Waals surface area (Å²) in [5.41, 5.74) is 18.0. The van der Waals surface area contributed by atoms with Crippen LogP contribution in [0.5, 0.6) is 0 Å². The van der Waals surface area contributed by atoms with Gasteiger partial charge in [0.15, 0.2) is 0 Å². The molecule has 0 aliphatic heterocycles. The quantitative estimate of drug-likeness (QED) is 0.170. The van der Waals surface area contributed by atoms with E-state index in [9.17, 15) is 0 Å². The zero-order valence-electron chi connectivity index (χ0n) is 39.3. The van der Waals surface area contributed by atoms with Crippen LogP contribution >= 0.6 is 0 Å². The van der Waals surface area contributed by atoms with E-state index < -0.39 is 21.3 Å². The van der Waals surface area contributed by atoms with Gasteiger partial charge in [0.1, 0.15) is 0 Å². The van der Waals surface area contributed by atoms with Crippen molar-refractivity contribution in [3.05, 3.63) is 144 Å². The van der Waals surface area contributed by atoms with Crippen LogP contribution in [0.25, 0.3) is 11.1 Å². The van der Waals surface area contributed by atoms with E-state index in [0.29, 0.717) is 0 Å². The largest absolute Gasteiger partial charge is 1.00 e. The van der Waals surface area contributed by atoms with Crippen LogP contribution < -0.4 is 28.1 Å². The summed E-state index contributed by atoms with van der Waals surface area (Å²) in [5.74, 6) is 0. The van der Waals surface area contributed by atoms with Crippen molar-refractivity contribution in [2.75, 3.05) is 0 Å². The fourth-order valence-corrected chi connectivity index (χ4v) is 18.1. The standard InChI is InChI=1S/C29H41.C21H26.C5H5.2ClH.Zr/c1-26(2,3)22-14-18-13-19-15-23(27(4,5)6)25(29(10,11)12)17-21(19)20(18)16-24(22)28(7,8)9;1-20(2,3)18-11-7-16(8-12-18)15-17-9-13-19(14-10-17)21(4,5)6;1-2-4-5-3-1;;;/h14,16-17H,13H2,1-12H3;7-14H,1-6H3;1-3H,4H2;2*1H;/q;;;;;+2/p-2. The molecule has 4 aromatic rings. The van der Waals surface area contributed by atoms with Crippen LogP contribution in [-0.4, -0.2) is 3.21 Å². The van der Waals surface area contributed by atoms with Crippen LogP contribution in [0.1, 0.15) is 187 Å². The second-order valence-corrected chi connectivity index (χ2v) is 29.0. The molecule has 0 heterocycles. The minimum Gasteiger partial charge on any atom is -1.00 e. The molecule has 0 nitrogen and oxygen atoms in total. The molecular formula is C55H72Cl2Zr. The fraction of sp³-hybridized carbons (Fsp3) is 0.473. The Balaban J connectivity index is 0.00000372. The van der Waals surface area contributed by atoms with Gasteiger partial charge in [-0.05, 0) is 0 Å². The van der Waals surface area contributed by atoms with Gasteiger partial charge in [-0.25, -0.2) is 0 Å². The minimum atomic E-state index is -3.03. The van der Waals surface area contributed by atoms with Gasteiger partial charge in [0.25, 0.3) is 0 Å². The van der Waals surface area contributed by atoms with Crippen LogP contribution in [0, 0.1) is 0 Å². The smallest absolute Gasteiger partial charge is 1.00 e. The van der Waals surface area contributed by atoms with Crippen LogP contribution in [0.3, 0.4) is 0 Å². The Hall–Kier alpha value is -2.31. The van der Waals surface area contributed by atoms with E-state index in [0.717, 1.165) is 12.8 Å². The summed E-state index contributed by atoms with van der Waals surface area (Å²) in [6.07, 6.45) is 9.35. The maximum Gasteiger partial charge on any atom is -1.00 e. The number of benzene rings is 4. The van der Waals surface area contributed by atoms with E-state index in [4.69, 9.17) is 0 Å². The second-order valence-electron chi connectivity index (χ2n) is 23.2. The van der Waals surface area contributed by atoms with E-state index in [1.807, 2.05) is 0 Å². The number of allylic oxidation sites excluding steroid dienone is 4. The van der Waals surface area contributed by atoms with Crippen molar-refractivity contribution in [2.24, 2.45) is 0 Å². The average molecular weight is 895 g/mol. The molecule has 3 heteroatoms. The molecule has 2 aliphatic rings. The summed E-state index contributed by atoms with van der Waals surface area (Å²) in [4.78, 5) is 0. The van der Waals surface area contributed by atoms with E-state index in [1.54, 1.807) is 20.9 Å². The molecule has 0 spiro atoms. The molecule has 0 unspecified atom stereocenters. The molecule has 0 radical (unpaired) electrons. The van der Waals surface area contributed by atoms with E-state index in [1.165, 1.54) is 55.6 Å². The van der Waals surface area contributed by atoms with Crippen molar-refractivity contribution in [3.8, 4) is 11.1 Å². The van der Waals surface area contributed by atoms with Crippen molar-refractivity contribution in [1.82, 2.24) is 0 Å². The Labute approximate surface area is 374 Å². The molecule has 58 heavy (non-hydrogen) atoms. The van der Waals surface area contributed by atoms with Gasteiger partial charge in [0.05, 0.1) is 0 Å². The van der Waals surface area contributed by atoms with Crippen LogP contribution in [0.15, 0.2) is 88.2 Å². The van der Waals surface area contributed by atoms with Crippen molar-refractivity contribution in [3.63, 3.8) is 0 Å². The number of hydrogen-bond donors (Lipinski definition) is 0. The predicted octanol–water partition coefficient (Wildman–Crippen LogP) is 8.41. The molecule has 0 fully saturated rings. The third-order valence-electron chi connectivity index (χ3n) is 12.2. The Morgan fingerprint density at radius 2 is 0.914 bits per heavy atom. The van der Waals surface area contributed by atoms with Gasteiger partial charge in [-0.1, -0.05) is 0 Å². The SMILES string of the molecule is CC(C)(C)c1ccc([C](c2ccc(C(C)(C)C)cc2)=[Zr+2]([C]2=CC=CC2)[c]2c3c(cc(C(C)(C)C)c2C(C)(C)C)-c2cc(C(C)(C)C)c(C(C)(C)C)cc2C3)cc1.[Cl-].[Cl-]. The summed E-state index contributed by atoms with van der Waals surface area (Å²) in [6.45, 7) is 43.2. The van der Waals surface area contributed by atoms with Crippen molar-refractivity contribution in [2.45, 2.75) is 170 Å². The first-order valence-corrected chi connectivity index (χ1v) is 25.0. The third-order valence-corrected chi connectivity index (χ3v) is 19.9. The van der Waals surface area contributed by atoms with Crippen LogP contribution in [-0.2, 0) is 60.2 Å². The topological polar surface area (TPSA) is 0 Å². The van der Waals surface area contributed by atoms with E-state index >= 15 is 0 Å². The molecule has 4 aromatic carbocycles. The summed E-state index contributed by atoms with van der Waals surface area (Å²) < 4.78 is 5.03. The Kier molecular flexibility index (Phi) is 13.8. The summed E-state index contributed by atoms with van der Waals surface area (Å²) >= 11 is -3.03. The average Bonchev–Trinajstić information content (AvgIpc) is 3.72. The first-order valence-electron chi connectivity index (χ1n) is 21.3. The fourth-order valence-electron chi connectivity index (χ4n) is 9.08. The summed E-state index contributed by atoms with van der Waals surface area (Å²) in [7, 11) is 0. The van der Waals surface area contributed by atoms with Gasteiger partial charge in [-0.15, -0.1) is 0 Å². The molecule has 0 N–H and O–H groups in total. The number of fused-ring (bicyclic) bond motifs is 3. The normalized spacial score (nSPS) is 14.2. The van der Waals surface area contributed by atoms with E-state index in [2.05, 4.69) is 210 Å². The molecule has 2 aliphatic carbocycles. The minimum absolute atomic E-state index is 0. The summed E-state index contributed by atoms with van der Waals surface area (Å²) in [6, 6.07) is 27.5. The molecular weight excluding hydrogens is 823 g/mol. The Morgan fingerprint density at radius 3 is 1.29 bits per heavy atom. The Bertz CT molecular complexity index is 2190. The molecule has 0 amide bonds. The first-order chi connectivity index (χ1) is 25.6. The molecule has 0 aromatic heterocycles. The molecule has 0 bridgehead atoms. The van der Waals surface area contributed by atoms with Crippen molar-refractivity contribution < 1.29 is 46.1 Å². The van der Waals surface area contributed by atoms with Gasteiger partial charge in [0.2, 0.25) is 0 Å². The third kappa shape index (κ3) is 9.59. The molecule has 6 rings (SSSR count). The number of halogens is 2. The second kappa shape index (κ2) is 16.5. The monoisotopic (exact) mass is 892 g/mol. The van der Waals surface area contributed by atoms with Gasteiger partial charge in [-0.2, -0.15) is 0 Å². The Morgan fingerprint density at radius 1 is 0.483 bits per heavy atom. The maximum atomic E-state index is 2.66. The van der Waals surface area contributed by atoms with E-state index in [-0.39, 0.29) is 57.3 Å². The van der Waals surface area contributed by atoms with Gasteiger partial charge in [-0.3, -0.25) is 0 Å². The number of hydrogen-bond acceptors (Lipinski definition) is 0. The molecule has 0 atom stereocenters. The first kappa shape index (κ1) is 48.4. The van der Waals surface area contributed by atoms with Crippen LogP contribution in [0.4, 0.5) is 0 Å². The van der Waals surface area contributed by atoms with Gasteiger partial charge in [0, 0.05) is 0 Å². The predicted molar refractivity (Wildman–Crippen MR) is 244 cm³/mol. The maximum absolute atomic E-state index is 3.03.